The third-order valence-electron chi connectivity index (χ3n) is 6.34. The maximum absolute atomic E-state index is 13.1. The van der Waals surface area contributed by atoms with Crippen LogP contribution in [0.25, 0.3) is 0 Å². The van der Waals surface area contributed by atoms with Gasteiger partial charge in [0.25, 0.3) is 5.91 Å². The molecule has 0 aliphatic carbocycles. The number of hydrogen-bond donors (Lipinski definition) is 2. The van der Waals surface area contributed by atoms with Crippen molar-refractivity contribution in [2.45, 2.75) is 52.2 Å². The molecule has 7 nitrogen and oxygen atoms in total. The van der Waals surface area contributed by atoms with Gasteiger partial charge >= 0.3 is 0 Å². The van der Waals surface area contributed by atoms with Crippen molar-refractivity contribution in [3.05, 3.63) is 77.1 Å². The van der Waals surface area contributed by atoms with Crippen LogP contribution in [0.2, 0.25) is 0 Å². The third-order valence-corrected chi connectivity index (χ3v) is 6.34. The van der Waals surface area contributed by atoms with Crippen LogP contribution in [-0.2, 0) is 16.1 Å². The van der Waals surface area contributed by atoms with E-state index in [0.29, 0.717) is 26.1 Å². The molecular weight excluding hydrogens is 416 g/mol. The fourth-order valence-corrected chi connectivity index (χ4v) is 4.27. The molecule has 1 fully saturated rings. The van der Waals surface area contributed by atoms with Gasteiger partial charge in [-0.25, -0.2) is 5.43 Å². The van der Waals surface area contributed by atoms with Gasteiger partial charge in [0.15, 0.2) is 0 Å². The van der Waals surface area contributed by atoms with Gasteiger partial charge < -0.3 is 20.0 Å². The summed E-state index contributed by atoms with van der Waals surface area (Å²) in [5.74, 6) is 0.704. The molecule has 2 N–H and O–H groups in total. The second-order valence-corrected chi connectivity index (χ2v) is 8.58. The summed E-state index contributed by atoms with van der Waals surface area (Å²) in [5.41, 5.74) is 8.07. The Hall–Kier alpha value is -3.32. The number of carbonyl (C=O) groups is 2. The van der Waals surface area contributed by atoms with Crippen molar-refractivity contribution in [2.75, 3.05) is 13.2 Å². The molecule has 2 aromatic rings. The lowest BCUT2D eigenvalue weighted by Gasteiger charge is -2.31. The average molecular weight is 449 g/mol. The summed E-state index contributed by atoms with van der Waals surface area (Å²) in [6.45, 7) is 7.47. The standard InChI is InChI=1S/C26H32N4O3/c1-4-33-24-8-6-5-7-21(24)17-27-25(31)11-12-29-13-14-30-23(26(29)32)16-22(28-30)20-10-9-18(2)19(3)15-20/h5-10,13-15,22-23,28H,4,11-12,16-17H2,1-3H3,(H,27,31). The predicted molar refractivity (Wildman–Crippen MR) is 127 cm³/mol. The van der Waals surface area contributed by atoms with Gasteiger partial charge in [-0.2, -0.15) is 0 Å². The molecule has 0 aromatic heterocycles. The fraction of sp³-hybridized carbons (Fsp3) is 0.385. The molecule has 174 valence electrons. The molecule has 2 heterocycles. The van der Waals surface area contributed by atoms with Crippen LogP contribution in [0.3, 0.4) is 0 Å². The number of carbonyl (C=O) groups excluding carboxylic acids is 2. The number of aryl methyl sites for hydroxylation is 2. The Morgan fingerprint density at radius 2 is 1.97 bits per heavy atom. The average Bonchev–Trinajstić information content (AvgIpc) is 3.25. The first kappa shape index (κ1) is 22.9. The number of benzene rings is 2. The van der Waals surface area contributed by atoms with Crippen LogP contribution < -0.4 is 15.5 Å². The molecule has 0 saturated carbocycles. The normalized spacial score (nSPS) is 19.5. The Labute approximate surface area is 195 Å². The highest BCUT2D eigenvalue weighted by Gasteiger charge is 2.39. The number of rotatable bonds is 8. The molecule has 1 saturated heterocycles. The summed E-state index contributed by atoms with van der Waals surface area (Å²) >= 11 is 0. The maximum atomic E-state index is 13.1. The zero-order chi connectivity index (χ0) is 23.4. The molecule has 0 bridgehead atoms. The smallest absolute Gasteiger partial charge is 0.250 e. The van der Waals surface area contributed by atoms with Crippen LogP contribution in [0.5, 0.6) is 5.75 Å². The molecule has 2 aliphatic heterocycles. The molecule has 2 amide bonds. The Morgan fingerprint density at radius 1 is 1.15 bits per heavy atom. The van der Waals surface area contributed by atoms with Crippen LogP contribution in [0.1, 0.15) is 48.1 Å². The number of para-hydroxylation sites is 1. The highest BCUT2D eigenvalue weighted by molar-refractivity contribution is 5.85. The van der Waals surface area contributed by atoms with E-state index in [0.717, 1.165) is 11.3 Å². The largest absolute Gasteiger partial charge is 0.494 e. The molecule has 7 heteroatoms. The monoisotopic (exact) mass is 448 g/mol. The van der Waals surface area contributed by atoms with Crippen molar-refractivity contribution in [1.29, 1.82) is 0 Å². The van der Waals surface area contributed by atoms with Gasteiger partial charge in [0.2, 0.25) is 5.91 Å². The Morgan fingerprint density at radius 3 is 2.76 bits per heavy atom. The van der Waals surface area contributed by atoms with E-state index >= 15 is 0 Å². The van der Waals surface area contributed by atoms with E-state index in [9.17, 15) is 9.59 Å². The fourth-order valence-electron chi connectivity index (χ4n) is 4.27. The van der Waals surface area contributed by atoms with Crippen LogP contribution >= 0.6 is 0 Å². The summed E-state index contributed by atoms with van der Waals surface area (Å²) in [6.07, 6.45) is 4.59. The van der Waals surface area contributed by atoms with E-state index < -0.39 is 0 Å². The second-order valence-electron chi connectivity index (χ2n) is 8.58. The van der Waals surface area contributed by atoms with E-state index in [4.69, 9.17) is 4.74 Å². The number of fused-ring (bicyclic) bond motifs is 1. The maximum Gasteiger partial charge on any atom is 0.250 e. The number of nitrogens with zero attached hydrogens (tertiary/aromatic N) is 2. The number of ether oxygens (including phenoxy) is 1. The summed E-state index contributed by atoms with van der Waals surface area (Å²) < 4.78 is 5.61. The predicted octanol–water partition coefficient (Wildman–Crippen LogP) is 3.34. The zero-order valence-corrected chi connectivity index (χ0v) is 19.5. The minimum Gasteiger partial charge on any atom is -0.494 e. The van der Waals surface area contributed by atoms with Crippen molar-refractivity contribution in [2.24, 2.45) is 0 Å². The lowest BCUT2D eigenvalue weighted by atomic mass is 9.97. The number of hydrogen-bond acceptors (Lipinski definition) is 5. The second kappa shape index (κ2) is 10.1. The Kier molecular flexibility index (Phi) is 6.99. The van der Waals surface area contributed by atoms with Crippen LogP contribution in [-0.4, -0.2) is 40.9 Å². The van der Waals surface area contributed by atoms with Crippen LogP contribution in [0.4, 0.5) is 0 Å². The zero-order valence-electron chi connectivity index (χ0n) is 19.5. The van der Waals surface area contributed by atoms with Gasteiger partial charge in [0.1, 0.15) is 11.8 Å². The summed E-state index contributed by atoms with van der Waals surface area (Å²) in [6, 6.07) is 13.9. The van der Waals surface area contributed by atoms with Gasteiger partial charge in [-0.3, -0.25) is 9.59 Å². The molecule has 0 spiro atoms. The van der Waals surface area contributed by atoms with Crippen molar-refractivity contribution in [1.82, 2.24) is 20.7 Å². The number of nitrogens with one attached hydrogen (secondary N) is 2. The number of hydrazine groups is 1. The number of amides is 2. The van der Waals surface area contributed by atoms with Gasteiger partial charge in [0, 0.05) is 37.5 Å². The first-order valence-electron chi connectivity index (χ1n) is 11.5. The summed E-state index contributed by atoms with van der Waals surface area (Å²) in [4.78, 5) is 27.1. The molecule has 2 atom stereocenters. The van der Waals surface area contributed by atoms with Crippen molar-refractivity contribution in [3.63, 3.8) is 0 Å². The first-order valence-corrected chi connectivity index (χ1v) is 11.5. The minimum absolute atomic E-state index is 0.0193. The van der Waals surface area contributed by atoms with Gasteiger partial charge in [-0.15, -0.1) is 0 Å². The van der Waals surface area contributed by atoms with E-state index in [-0.39, 0.29) is 30.3 Å². The highest BCUT2D eigenvalue weighted by Crippen LogP contribution is 2.31. The first-order chi connectivity index (χ1) is 16.0. The minimum atomic E-state index is -0.261. The molecule has 2 unspecified atom stereocenters. The van der Waals surface area contributed by atoms with Gasteiger partial charge in [0.05, 0.1) is 12.6 Å². The van der Waals surface area contributed by atoms with E-state index in [1.807, 2.05) is 42.4 Å². The van der Waals surface area contributed by atoms with Gasteiger partial charge in [-0.05, 0) is 49.9 Å². The highest BCUT2D eigenvalue weighted by atomic mass is 16.5. The van der Waals surface area contributed by atoms with Crippen molar-refractivity contribution < 1.29 is 14.3 Å². The SMILES string of the molecule is CCOc1ccccc1CNC(=O)CCN1C=CN2NC(c3ccc(C)c(C)c3)CC2C1=O. The molecular formula is C26H32N4O3. The Bertz CT molecular complexity index is 1050. The van der Waals surface area contributed by atoms with E-state index in [1.54, 1.807) is 11.1 Å². The lowest BCUT2D eigenvalue weighted by molar-refractivity contribution is -0.134. The molecule has 2 aromatic carbocycles. The van der Waals surface area contributed by atoms with E-state index in [1.165, 1.54) is 16.7 Å². The van der Waals surface area contributed by atoms with Crippen molar-refractivity contribution in [3.8, 4) is 5.75 Å². The van der Waals surface area contributed by atoms with E-state index in [2.05, 4.69) is 42.8 Å². The topological polar surface area (TPSA) is 73.9 Å². The van der Waals surface area contributed by atoms with Crippen LogP contribution in [0.15, 0.2) is 54.9 Å². The lowest BCUT2D eigenvalue weighted by Crippen LogP contribution is -2.48. The summed E-state index contributed by atoms with van der Waals surface area (Å²) in [7, 11) is 0. The summed E-state index contributed by atoms with van der Waals surface area (Å²) in [5, 5.41) is 4.83. The third kappa shape index (κ3) is 5.20. The van der Waals surface area contributed by atoms with Crippen LogP contribution in [0, 0.1) is 13.8 Å². The molecule has 2 aliphatic rings. The molecule has 4 rings (SSSR count). The van der Waals surface area contributed by atoms with Gasteiger partial charge in [-0.1, -0.05) is 36.4 Å². The molecule has 0 radical (unpaired) electrons. The molecule has 33 heavy (non-hydrogen) atoms. The quantitative estimate of drug-likeness (QED) is 0.648. The Balaban J connectivity index is 1.29. The van der Waals surface area contributed by atoms with Crippen molar-refractivity contribution >= 4 is 11.8 Å².